The number of thiocarbonyl (C=S) groups is 1. The molecule has 0 aromatic carbocycles. The lowest BCUT2D eigenvalue weighted by atomic mass is 10.1. The molecule has 0 saturated carbocycles. The normalized spacial score (nSPS) is 16.1. The van der Waals surface area contributed by atoms with Crippen molar-refractivity contribution in [1.82, 2.24) is 4.72 Å². The van der Waals surface area contributed by atoms with Crippen LogP contribution in [0.5, 0.6) is 0 Å². The second kappa shape index (κ2) is 6.51. The molecule has 0 saturated heterocycles. The largest absolute Gasteiger partial charge is 0.392 e. The van der Waals surface area contributed by atoms with E-state index in [0.717, 1.165) is 6.42 Å². The Morgan fingerprint density at radius 1 is 1.38 bits per heavy atom. The molecule has 0 amide bonds. The molecule has 2 unspecified atom stereocenters. The van der Waals surface area contributed by atoms with E-state index in [1.165, 1.54) is 0 Å². The quantitative estimate of drug-likeness (QED) is 0.683. The van der Waals surface area contributed by atoms with Gasteiger partial charge in [0, 0.05) is 6.04 Å². The third-order valence-electron chi connectivity index (χ3n) is 2.25. The standard InChI is InChI=1S/C10H22N2O2S2/c1-5-9(10(11)15)16(13,14)12-8(4)6-7(2)3/h7-9,12H,5-6H2,1-4H3,(H2,11,15). The maximum atomic E-state index is 11.9. The average molecular weight is 266 g/mol. The predicted octanol–water partition coefficient (Wildman–Crippen LogP) is 1.41. The van der Waals surface area contributed by atoms with Gasteiger partial charge >= 0.3 is 0 Å². The average Bonchev–Trinajstić information content (AvgIpc) is 1.99. The second-order valence-electron chi connectivity index (χ2n) is 4.49. The summed E-state index contributed by atoms with van der Waals surface area (Å²) in [6, 6.07) is -0.0894. The molecule has 3 N–H and O–H groups in total. The van der Waals surface area contributed by atoms with E-state index in [2.05, 4.69) is 18.6 Å². The first-order valence-corrected chi connectivity index (χ1v) is 7.46. The topological polar surface area (TPSA) is 72.2 Å². The molecule has 0 spiro atoms. The fourth-order valence-corrected chi connectivity index (χ4v) is 3.80. The highest BCUT2D eigenvalue weighted by Gasteiger charge is 2.27. The first-order chi connectivity index (χ1) is 7.20. The molecule has 6 heteroatoms. The Balaban J connectivity index is 4.61. The molecule has 0 aliphatic rings. The van der Waals surface area contributed by atoms with Crippen LogP contribution in [0.3, 0.4) is 0 Å². The summed E-state index contributed by atoms with van der Waals surface area (Å²) >= 11 is 4.76. The minimum absolute atomic E-state index is 0.0340. The van der Waals surface area contributed by atoms with Crippen molar-refractivity contribution >= 4 is 27.2 Å². The number of nitrogens with one attached hydrogen (secondary N) is 1. The monoisotopic (exact) mass is 266 g/mol. The summed E-state index contributed by atoms with van der Waals surface area (Å²) in [7, 11) is -3.43. The molecule has 0 aromatic rings. The molecule has 4 nitrogen and oxygen atoms in total. The highest BCUT2D eigenvalue weighted by molar-refractivity contribution is 7.93. The Hall–Kier alpha value is -0.200. The van der Waals surface area contributed by atoms with Gasteiger partial charge in [-0.2, -0.15) is 0 Å². The lowest BCUT2D eigenvalue weighted by Gasteiger charge is -2.20. The van der Waals surface area contributed by atoms with Crippen molar-refractivity contribution in [3.8, 4) is 0 Å². The number of nitrogens with two attached hydrogens (primary N) is 1. The lowest BCUT2D eigenvalue weighted by molar-refractivity contribution is 0.480. The van der Waals surface area contributed by atoms with Crippen molar-refractivity contribution in [3.63, 3.8) is 0 Å². The Morgan fingerprint density at radius 2 is 1.88 bits per heavy atom. The molecular weight excluding hydrogens is 244 g/mol. The Kier molecular flexibility index (Phi) is 6.43. The number of hydrogen-bond donors (Lipinski definition) is 2. The molecule has 0 radical (unpaired) electrons. The molecule has 16 heavy (non-hydrogen) atoms. The SMILES string of the molecule is CCC(C(N)=S)S(=O)(=O)NC(C)CC(C)C. The van der Waals surface area contributed by atoms with Crippen LogP contribution in [0.15, 0.2) is 0 Å². The van der Waals surface area contributed by atoms with Crippen LogP contribution in [0.2, 0.25) is 0 Å². The molecule has 0 rings (SSSR count). The molecule has 0 heterocycles. The first kappa shape index (κ1) is 15.8. The molecule has 0 fully saturated rings. The van der Waals surface area contributed by atoms with Crippen LogP contribution in [0.4, 0.5) is 0 Å². The lowest BCUT2D eigenvalue weighted by Crippen LogP contribution is -2.45. The fourth-order valence-electron chi connectivity index (χ4n) is 1.69. The van der Waals surface area contributed by atoms with Gasteiger partial charge in [-0.25, -0.2) is 13.1 Å². The van der Waals surface area contributed by atoms with E-state index in [4.69, 9.17) is 18.0 Å². The minimum atomic E-state index is -3.43. The zero-order chi connectivity index (χ0) is 12.9. The molecular formula is C10H22N2O2S2. The van der Waals surface area contributed by atoms with Gasteiger partial charge in [-0.3, -0.25) is 0 Å². The van der Waals surface area contributed by atoms with Crippen molar-refractivity contribution < 1.29 is 8.42 Å². The molecule has 0 aromatic heterocycles. The summed E-state index contributed by atoms with van der Waals surface area (Å²) in [5.41, 5.74) is 5.42. The predicted molar refractivity (Wildman–Crippen MR) is 71.8 cm³/mol. The Bertz CT molecular complexity index is 326. The summed E-state index contributed by atoms with van der Waals surface area (Å²) < 4.78 is 26.5. The van der Waals surface area contributed by atoms with E-state index in [1.807, 2.05) is 6.92 Å². The van der Waals surface area contributed by atoms with Crippen molar-refractivity contribution in [2.24, 2.45) is 11.7 Å². The summed E-state index contributed by atoms with van der Waals surface area (Å²) in [5.74, 6) is 0.447. The summed E-state index contributed by atoms with van der Waals surface area (Å²) in [6.07, 6.45) is 1.20. The van der Waals surface area contributed by atoms with Crippen LogP contribution in [0.25, 0.3) is 0 Å². The number of rotatable bonds is 7. The van der Waals surface area contributed by atoms with Crippen molar-refractivity contribution in [2.45, 2.75) is 51.8 Å². The summed E-state index contributed by atoms with van der Waals surface area (Å²) in [5, 5.41) is -0.767. The fraction of sp³-hybridized carbons (Fsp3) is 0.900. The van der Waals surface area contributed by atoms with Gasteiger partial charge in [-0.15, -0.1) is 0 Å². The van der Waals surface area contributed by atoms with Gasteiger partial charge < -0.3 is 5.73 Å². The number of hydrogen-bond acceptors (Lipinski definition) is 3. The highest BCUT2D eigenvalue weighted by atomic mass is 32.2. The zero-order valence-electron chi connectivity index (χ0n) is 10.4. The first-order valence-electron chi connectivity index (χ1n) is 5.51. The van der Waals surface area contributed by atoms with Crippen molar-refractivity contribution in [2.75, 3.05) is 0 Å². The maximum absolute atomic E-state index is 11.9. The zero-order valence-corrected chi connectivity index (χ0v) is 12.0. The third-order valence-corrected chi connectivity index (χ3v) is 4.75. The van der Waals surface area contributed by atoms with E-state index in [1.54, 1.807) is 6.92 Å². The van der Waals surface area contributed by atoms with Crippen LogP contribution in [-0.4, -0.2) is 24.7 Å². The van der Waals surface area contributed by atoms with Crippen LogP contribution in [0, 0.1) is 5.92 Å². The molecule has 96 valence electrons. The third kappa shape index (κ3) is 5.23. The van der Waals surface area contributed by atoms with Crippen molar-refractivity contribution in [3.05, 3.63) is 0 Å². The van der Waals surface area contributed by atoms with Crippen LogP contribution >= 0.6 is 12.2 Å². The summed E-state index contributed by atoms with van der Waals surface area (Å²) in [6.45, 7) is 7.71. The smallest absolute Gasteiger partial charge is 0.221 e. The van der Waals surface area contributed by atoms with Gasteiger partial charge in [-0.05, 0) is 25.7 Å². The molecule has 0 aliphatic carbocycles. The molecule has 2 atom stereocenters. The van der Waals surface area contributed by atoms with E-state index >= 15 is 0 Å². The van der Waals surface area contributed by atoms with Gasteiger partial charge in [0.05, 0.1) is 4.99 Å². The van der Waals surface area contributed by atoms with Crippen molar-refractivity contribution in [1.29, 1.82) is 0 Å². The highest BCUT2D eigenvalue weighted by Crippen LogP contribution is 2.09. The van der Waals surface area contributed by atoms with Gasteiger partial charge in [-0.1, -0.05) is 33.0 Å². The van der Waals surface area contributed by atoms with Crippen LogP contribution in [-0.2, 0) is 10.0 Å². The van der Waals surface area contributed by atoms with Gasteiger partial charge in [0.15, 0.2) is 0 Å². The number of sulfonamides is 1. The van der Waals surface area contributed by atoms with Gasteiger partial charge in [0.25, 0.3) is 0 Å². The second-order valence-corrected chi connectivity index (χ2v) is 6.86. The minimum Gasteiger partial charge on any atom is -0.392 e. The van der Waals surface area contributed by atoms with E-state index in [0.29, 0.717) is 12.3 Å². The Labute approximate surface area is 104 Å². The summed E-state index contributed by atoms with van der Waals surface area (Å²) in [4.78, 5) is 0.0340. The van der Waals surface area contributed by atoms with Crippen LogP contribution < -0.4 is 10.5 Å². The van der Waals surface area contributed by atoms with Gasteiger partial charge in [0.2, 0.25) is 10.0 Å². The maximum Gasteiger partial charge on any atom is 0.221 e. The van der Waals surface area contributed by atoms with E-state index in [9.17, 15) is 8.42 Å². The van der Waals surface area contributed by atoms with E-state index in [-0.39, 0.29) is 11.0 Å². The van der Waals surface area contributed by atoms with Gasteiger partial charge in [0.1, 0.15) is 5.25 Å². The molecule has 0 aliphatic heterocycles. The molecule has 0 bridgehead atoms. The Morgan fingerprint density at radius 3 is 2.19 bits per heavy atom. The van der Waals surface area contributed by atoms with E-state index < -0.39 is 15.3 Å². The van der Waals surface area contributed by atoms with Crippen LogP contribution in [0.1, 0.15) is 40.5 Å².